The van der Waals surface area contributed by atoms with Crippen LogP contribution in [0.3, 0.4) is 0 Å². The van der Waals surface area contributed by atoms with Crippen LogP contribution in [-0.2, 0) is 0 Å². The van der Waals surface area contributed by atoms with Crippen LogP contribution in [0.25, 0.3) is 0 Å². The largest absolute Gasteiger partial charge is 0.396 e. The van der Waals surface area contributed by atoms with Crippen molar-refractivity contribution in [2.75, 3.05) is 19.7 Å². The van der Waals surface area contributed by atoms with Crippen molar-refractivity contribution in [3.05, 3.63) is 0 Å². The molecule has 98 valence electrons. The highest BCUT2D eigenvalue weighted by Crippen LogP contribution is 2.26. The van der Waals surface area contributed by atoms with Gasteiger partial charge >= 0.3 is 0 Å². The number of hydrogen-bond acceptors (Lipinski definition) is 2. The summed E-state index contributed by atoms with van der Waals surface area (Å²) in [6.45, 7) is 15.9. The Balaban J connectivity index is 3.95. The zero-order valence-corrected chi connectivity index (χ0v) is 12.1. The second kappa shape index (κ2) is 6.61. The Kier molecular flexibility index (Phi) is 6.57. The predicted octanol–water partition coefficient (Wildman–Crippen LogP) is 3.06. The van der Waals surface area contributed by atoms with Gasteiger partial charge in [0.05, 0.1) is 0 Å². The molecule has 0 saturated carbocycles. The Morgan fingerprint density at radius 1 is 1.00 bits per heavy atom. The van der Waals surface area contributed by atoms with E-state index in [-0.39, 0.29) is 0 Å². The summed E-state index contributed by atoms with van der Waals surface area (Å²) < 4.78 is 0. The lowest BCUT2D eigenvalue weighted by Crippen LogP contribution is -2.32. The van der Waals surface area contributed by atoms with Crippen molar-refractivity contribution in [1.29, 1.82) is 0 Å². The standard InChI is InChI=1S/C14H31NO/c1-13(2,3)9-12(7-8-16)10-15-11-14(4,5)6/h12,15-16H,7-11H2,1-6H3/t12-/m1/s1. The molecular formula is C14H31NO. The van der Waals surface area contributed by atoms with E-state index in [9.17, 15) is 0 Å². The quantitative estimate of drug-likeness (QED) is 0.733. The maximum absolute atomic E-state index is 9.06. The van der Waals surface area contributed by atoms with Crippen molar-refractivity contribution < 1.29 is 5.11 Å². The van der Waals surface area contributed by atoms with Crippen LogP contribution >= 0.6 is 0 Å². The summed E-state index contributed by atoms with van der Waals surface area (Å²) >= 11 is 0. The first-order valence-corrected chi connectivity index (χ1v) is 6.46. The molecule has 16 heavy (non-hydrogen) atoms. The van der Waals surface area contributed by atoms with Crippen LogP contribution < -0.4 is 5.32 Å². The molecule has 0 aliphatic heterocycles. The van der Waals surface area contributed by atoms with Crippen molar-refractivity contribution in [3.63, 3.8) is 0 Å². The van der Waals surface area contributed by atoms with Gasteiger partial charge in [-0.25, -0.2) is 0 Å². The Bertz CT molecular complexity index is 176. The van der Waals surface area contributed by atoms with E-state index in [1.165, 1.54) is 6.42 Å². The van der Waals surface area contributed by atoms with Crippen LogP contribution in [0.15, 0.2) is 0 Å². The lowest BCUT2D eigenvalue weighted by atomic mass is 9.83. The van der Waals surface area contributed by atoms with Gasteiger partial charge in [0, 0.05) is 6.61 Å². The minimum atomic E-state index is 0.304. The number of nitrogens with one attached hydrogen (secondary N) is 1. The van der Waals surface area contributed by atoms with E-state index in [0.717, 1.165) is 19.5 Å². The molecule has 0 aromatic carbocycles. The molecule has 0 aromatic rings. The van der Waals surface area contributed by atoms with Crippen molar-refractivity contribution in [2.45, 2.75) is 54.4 Å². The van der Waals surface area contributed by atoms with Crippen molar-refractivity contribution in [2.24, 2.45) is 16.7 Å². The van der Waals surface area contributed by atoms with E-state index >= 15 is 0 Å². The topological polar surface area (TPSA) is 32.3 Å². The molecule has 0 saturated heterocycles. The average Bonchev–Trinajstić information content (AvgIpc) is 1.98. The number of hydrogen-bond donors (Lipinski definition) is 2. The molecule has 0 unspecified atom stereocenters. The van der Waals surface area contributed by atoms with Gasteiger partial charge in [-0.3, -0.25) is 0 Å². The van der Waals surface area contributed by atoms with E-state index in [4.69, 9.17) is 5.11 Å². The summed E-state index contributed by atoms with van der Waals surface area (Å²) in [4.78, 5) is 0. The van der Waals surface area contributed by atoms with Crippen molar-refractivity contribution in [3.8, 4) is 0 Å². The number of rotatable bonds is 6. The molecule has 0 heterocycles. The van der Waals surface area contributed by atoms with E-state index < -0.39 is 0 Å². The highest BCUT2D eigenvalue weighted by atomic mass is 16.3. The maximum Gasteiger partial charge on any atom is 0.0434 e. The first-order valence-electron chi connectivity index (χ1n) is 6.46. The third-order valence-electron chi connectivity index (χ3n) is 2.53. The van der Waals surface area contributed by atoms with Crippen LogP contribution in [0, 0.1) is 16.7 Å². The minimum Gasteiger partial charge on any atom is -0.396 e. The van der Waals surface area contributed by atoms with E-state index in [2.05, 4.69) is 46.9 Å². The van der Waals surface area contributed by atoms with Gasteiger partial charge < -0.3 is 10.4 Å². The fourth-order valence-corrected chi connectivity index (χ4v) is 1.98. The van der Waals surface area contributed by atoms with Gasteiger partial charge in [0.25, 0.3) is 0 Å². The van der Waals surface area contributed by atoms with Crippen LogP contribution in [0.5, 0.6) is 0 Å². The zero-order valence-electron chi connectivity index (χ0n) is 12.1. The lowest BCUT2D eigenvalue weighted by molar-refractivity contribution is 0.210. The Hall–Kier alpha value is -0.0800. The monoisotopic (exact) mass is 229 g/mol. The smallest absolute Gasteiger partial charge is 0.0434 e. The van der Waals surface area contributed by atoms with Crippen LogP contribution in [-0.4, -0.2) is 24.8 Å². The van der Waals surface area contributed by atoms with E-state index in [0.29, 0.717) is 23.4 Å². The summed E-state index contributed by atoms with van der Waals surface area (Å²) in [5.74, 6) is 0.590. The van der Waals surface area contributed by atoms with Gasteiger partial charge in [-0.05, 0) is 42.7 Å². The van der Waals surface area contributed by atoms with Gasteiger partial charge in [-0.2, -0.15) is 0 Å². The zero-order chi connectivity index (χ0) is 12.8. The molecule has 2 heteroatoms. The predicted molar refractivity (Wildman–Crippen MR) is 71.6 cm³/mol. The molecule has 0 fully saturated rings. The molecule has 2 nitrogen and oxygen atoms in total. The molecular weight excluding hydrogens is 198 g/mol. The third kappa shape index (κ3) is 10.4. The molecule has 0 aliphatic rings. The van der Waals surface area contributed by atoms with Gasteiger partial charge in [-0.1, -0.05) is 41.5 Å². The summed E-state index contributed by atoms with van der Waals surface area (Å²) in [6, 6.07) is 0. The summed E-state index contributed by atoms with van der Waals surface area (Å²) in [5, 5.41) is 12.6. The van der Waals surface area contributed by atoms with Gasteiger partial charge in [0.15, 0.2) is 0 Å². The Morgan fingerprint density at radius 2 is 1.56 bits per heavy atom. The van der Waals surface area contributed by atoms with E-state index in [1.807, 2.05) is 0 Å². The highest BCUT2D eigenvalue weighted by molar-refractivity contribution is 4.73. The lowest BCUT2D eigenvalue weighted by Gasteiger charge is -2.27. The fraction of sp³-hybridized carbons (Fsp3) is 1.00. The SMILES string of the molecule is CC(C)(C)CNC[C@H](CCO)CC(C)(C)C. The number of aliphatic hydroxyl groups excluding tert-OH is 1. The molecule has 0 spiro atoms. The first-order chi connectivity index (χ1) is 7.14. The molecule has 1 atom stereocenters. The Labute approximate surface area is 102 Å². The number of aliphatic hydroxyl groups is 1. The van der Waals surface area contributed by atoms with Crippen LogP contribution in [0.4, 0.5) is 0 Å². The maximum atomic E-state index is 9.06. The molecule has 0 bridgehead atoms. The molecule has 0 aromatic heterocycles. The van der Waals surface area contributed by atoms with Gasteiger partial charge in [0.2, 0.25) is 0 Å². The van der Waals surface area contributed by atoms with Gasteiger partial charge in [-0.15, -0.1) is 0 Å². The van der Waals surface area contributed by atoms with Crippen molar-refractivity contribution in [1.82, 2.24) is 5.32 Å². The average molecular weight is 229 g/mol. The summed E-state index contributed by atoms with van der Waals surface area (Å²) in [6.07, 6.45) is 2.08. The highest BCUT2D eigenvalue weighted by Gasteiger charge is 2.19. The van der Waals surface area contributed by atoms with Crippen LogP contribution in [0.1, 0.15) is 54.4 Å². The van der Waals surface area contributed by atoms with Crippen LogP contribution in [0.2, 0.25) is 0 Å². The third-order valence-corrected chi connectivity index (χ3v) is 2.53. The Morgan fingerprint density at radius 3 is 1.94 bits per heavy atom. The van der Waals surface area contributed by atoms with Gasteiger partial charge in [0.1, 0.15) is 0 Å². The van der Waals surface area contributed by atoms with Crippen molar-refractivity contribution >= 4 is 0 Å². The second-order valence-electron chi connectivity index (χ2n) is 7.33. The molecule has 0 radical (unpaired) electrons. The van der Waals surface area contributed by atoms with E-state index in [1.54, 1.807) is 0 Å². The summed E-state index contributed by atoms with van der Waals surface area (Å²) in [5.41, 5.74) is 0.689. The molecule has 0 amide bonds. The first kappa shape index (κ1) is 15.9. The molecule has 0 rings (SSSR count). The minimum absolute atomic E-state index is 0.304. The fourth-order valence-electron chi connectivity index (χ4n) is 1.98. The normalized spacial score (nSPS) is 15.2. The second-order valence-corrected chi connectivity index (χ2v) is 7.33. The summed E-state index contributed by atoms with van der Waals surface area (Å²) in [7, 11) is 0. The molecule has 0 aliphatic carbocycles. The molecule has 2 N–H and O–H groups in total.